The number of aliphatic hydroxyl groups is 1. The van der Waals surface area contributed by atoms with E-state index in [1.807, 2.05) is 6.92 Å². The number of Topliss-reactive ketones (excluding diaryl/α,β-unsaturated/α-hetero) is 1. The fourth-order valence-electron chi connectivity index (χ4n) is 9.22. The molecule has 1 aromatic heterocycles. The average Bonchev–Trinajstić information content (AvgIpc) is 3.90. The molecular formula is C54H68N6O15. The van der Waals surface area contributed by atoms with Crippen LogP contribution in [0.5, 0.6) is 28.7 Å². The summed E-state index contributed by atoms with van der Waals surface area (Å²) in [6.07, 6.45) is 4.30. The first kappa shape index (κ1) is 56.8. The number of aromatic nitrogens is 1. The maximum absolute atomic E-state index is 14.3. The minimum Gasteiger partial charge on any atom is -0.493 e. The second-order valence-corrected chi connectivity index (χ2v) is 18.4. The molecule has 0 saturated carbocycles. The summed E-state index contributed by atoms with van der Waals surface area (Å²) in [6.45, 7) is 9.33. The Labute approximate surface area is 436 Å². The molecule has 6 atom stereocenters. The first-order valence-electron chi connectivity index (χ1n) is 24.4. The van der Waals surface area contributed by atoms with E-state index >= 15 is 0 Å². The van der Waals surface area contributed by atoms with Crippen molar-refractivity contribution in [3.8, 4) is 51.2 Å². The number of primary amides is 1. The molecule has 0 unspecified atom stereocenters. The number of allylic oxidation sites excluding steroid dienone is 4. The monoisotopic (exact) mass is 1040 g/mol. The van der Waals surface area contributed by atoms with Gasteiger partial charge < -0.3 is 68.8 Å². The maximum Gasteiger partial charge on any atom is 0.415 e. The number of hydrogen-bond donors (Lipinski definition) is 4. The minimum absolute atomic E-state index is 0.110. The summed E-state index contributed by atoms with van der Waals surface area (Å²) >= 11 is 0. The van der Waals surface area contributed by atoms with Gasteiger partial charge in [0.15, 0.2) is 34.9 Å². The topological polar surface area (TPSA) is 262 Å². The van der Waals surface area contributed by atoms with Crippen LogP contribution < -0.4 is 40.1 Å². The number of fused-ring (bicyclic) bond motifs is 2. The van der Waals surface area contributed by atoms with Crippen molar-refractivity contribution in [2.75, 3.05) is 81.9 Å². The number of piperazine rings is 1. The summed E-state index contributed by atoms with van der Waals surface area (Å²) in [5.41, 5.74) is 8.15. The summed E-state index contributed by atoms with van der Waals surface area (Å²) in [4.78, 5) is 71.0. The normalized spacial score (nSPS) is 24.2. The molecule has 404 valence electrons. The number of benzene rings is 2. The van der Waals surface area contributed by atoms with Gasteiger partial charge in [-0.15, -0.1) is 0 Å². The first-order valence-corrected chi connectivity index (χ1v) is 24.4. The Bertz CT molecular complexity index is 2710. The molecule has 1 fully saturated rings. The first-order chi connectivity index (χ1) is 35.9. The van der Waals surface area contributed by atoms with Crippen LogP contribution in [-0.2, 0) is 28.6 Å². The minimum atomic E-state index is -1.03. The lowest BCUT2D eigenvalue weighted by Gasteiger charge is -2.34. The van der Waals surface area contributed by atoms with Crippen LogP contribution in [0.3, 0.4) is 0 Å². The maximum atomic E-state index is 14.3. The van der Waals surface area contributed by atoms with Crippen LogP contribution in [0.15, 0.2) is 99.5 Å². The van der Waals surface area contributed by atoms with Crippen LogP contribution >= 0.6 is 0 Å². The van der Waals surface area contributed by atoms with Gasteiger partial charge in [0.05, 0.1) is 58.2 Å². The average molecular weight is 1040 g/mol. The highest BCUT2D eigenvalue weighted by atomic mass is 16.6. The van der Waals surface area contributed by atoms with Crippen LogP contribution in [0, 0.1) is 11.8 Å². The quantitative estimate of drug-likeness (QED) is 0.114. The summed E-state index contributed by atoms with van der Waals surface area (Å²) in [6, 6.07) is 8.65. The predicted molar refractivity (Wildman–Crippen MR) is 275 cm³/mol. The molecule has 2 aromatic carbocycles. The predicted octanol–water partition coefficient (Wildman–Crippen LogP) is 5.52. The van der Waals surface area contributed by atoms with Gasteiger partial charge in [0.25, 0.3) is 5.91 Å². The number of aliphatic hydroxyl groups excluding tert-OH is 1. The zero-order valence-corrected chi connectivity index (χ0v) is 44.1. The summed E-state index contributed by atoms with van der Waals surface area (Å²) in [5.74, 6) is -0.241. The zero-order chi connectivity index (χ0) is 54.5. The van der Waals surface area contributed by atoms with Gasteiger partial charge in [-0.2, -0.15) is 0 Å². The van der Waals surface area contributed by atoms with Gasteiger partial charge >= 0.3 is 12.2 Å². The molecule has 3 aliphatic rings. The summed E-state index contributed by atoms with van der Waals surface area (Å²) in [7, 11) is 8.94. The largest absolute Gasteiger partial charge is 0.493 e. The van der Waals surface area contributed by atoms with Gasteiger partial charge in [-0.05, 0) is 68.0 Å². The molecule has 75 heavy (non-hydrogen) atoms. The van der Waals surface area contributed by atoms with Gasteiger partial charge in [-0.1, -0.05) is 49.4 Å². The molecule has 1 saturated heterocycles. The lowest BCUT2D eigenvalue weighted by molar-refractivity contribution is -0.120. The van der Waals surface area contributed by atoms with E-state index in [1.165, 1.54) is 48.7 Å². The van der Waals surface area contributed by atoms with E-state index < -0.39 is 60.0 Å². The van der Waals surface area contributed by atoms with Crippen LogP contribution in [0.1, 0.15) is 40.5 Å². The fourth-order valence-corrected chi connectivity index (χ4v) is 9.22. The number of ether oxygens (including phenoxy) is 8. The molecule has 3 amide bonds. The molecule has 2 aliphatic heterocycles. The third kappa shape index (κ3) is 13.8. The van der Waals surface area contributed by atoms with Crippen molar-refractivity contribution in [1.29, 1.82) is 0 Å². The second kappa shape index (κ2) is 26.2. The van der Waals surface area contributed by atoms with Gasteiger partial charge in [0, 0.05) is 87.8 Å². The Balaban J connectivity index is 1.14. The van der Waals surface area contributed by atoms with Gasteiger partial charge in [0.1, 0.15) is 6.10 Å². The molecule has 3 heterocycles. The smallest absolute Gasteiger partial charge is 0.415 e. The Morgan fingerprint density at radius 1 is 0.893 bits per heavy atom. The van der Waals surface area contributed by atoms with Crippen LogP contribution in [0.25, 0.3) is 22.5 Å². The van der Waals surface area contributed by atoms with E-state index in [2.05, 4.69) is 20.7 Å². The van der Waals surface area contributed by atoms with E-state index in [0.717, 1.165) is 6.08 Å². The fraction of sp³-hybridized carbons (Fsp3) is 0.444. The number of nitrogens with one attached hydrogen (secondary N) is 2. The van der Waals surface area contributed by atoms with Crippen molar-refractivity contribution >= 4 is 29.7 Å². The number of methoxy groups -OCH3 is 6. The van der Waals surface area contributed by atoms with Crippen LogP contribution in [0.2, 0.25) is 0 Å². The van der Waals surface area contributed by atoms with Crippen LogP contribution in [0.4, 0.5) is 9.59 Å². The zero-order valence-electron chi connectivity index (χ0n) is 44.1. The lowest BCUT2D eigenvalue weighted by atomic mass is 9.85. The summed E-state index contributed by atoms with van der Waals surface area (Å²) in [5, 5.41) is 21.4. The third-order valence-electron chi connectivity index (χ3n) is 13.3. The molecular weight excluding hydrogens is 973 g/mol. The Morgan fingerprint density at radius 2 is 1.57 bits per heavy atom. The molecule has 0 radical (unpaired) electrons. The molecule has 2 bridgehead atoms. The highest BCUT2D eigenvalue weighted by molar-refractivity contribution is 6.23. The highest BCUT2D eigenvalue weighted by Crippen LogP contribution is 2.44. The SMILES string of the molecule is COc1ccc(-c2cnoc2-c2cc(OC)c(OC)c(OC)c2)cc1OC(=O)N1CCN(CCNC2=C3C[C@@H](C)C[C@H](OC)[C@@H](O)[C@@H](C)/C=C(\C)[C@H](OC(N)=O)[C@@H](OC)/C=C\C=C(/C)C(=O)NC(=CC2=O)C3=O)CC1. The molecule has 0 spiro atoms. The van der Waals surface area contributed by atoms with Gasteiger partial charge in [0.2, 0.25) is 17.3 Å². The number of nitrogens with zero attached hydrogens (tertiary/aromatic N) is 3. The Hall–Kier alpha value is -7.46. The number of hydrogen-bond acceptors (Lipinski definition) is 18. The van der Waals surface area contributed by atoms with Crippen LogP contribution in [-0.4, -0.2) is 156 Å². The van der Waals surface area contributed by atoms with E-state index in [-0.39, 0.29) is 53.6 Å². The molecule has 6 rings (SSSR count). The number of carbonyl (C=O) groups is 5. The van der Waals surface area contributed by atoms with E-state index in [4.69, 9.17) is 48.2 Å². The van der Waals surface area contributed by atoms with Gasteiger partial charge in [-0.3, -0.25) is 19.3 Å². The Morgan fingerprint density at radius 3 is 2.20 bits per heavy atom. The van der Waals surface area contributed by atoms with Gasteiger partial charge in [-0.25, -0.2) is 9.59 Å². The molecule has 21 nitrogen and oxygen atoms in total. The molecule has 21 heteroatoms. The molecule has 3 aromatic rings. The molecule has 5 N–H and O–H groups in total. The number of ketones is 2. The van der Waals surface area contributed by atoms with Crippen molar-refractivity contribution in [2.24, 2.45) is 17.6 Å². The second-order valence-electron chi connectivity index (χ2n) is 18.4. The lowest BCUT2D eigenvalue weighted by Crippen LogP contribution is -2.51. The molecule has 1 aliphatic carbocycles. The van der Waals surface area contributed by atoms with E-state index in [9.17, 15) is 29.1 Å². The number of carbonyl (C=O) groups excluding carboxylic acids is 5. The Kier molecular flexibility index (Phi) is 19.8. The highest BCUT2D eigenvalue weighted by Gasteiger charge is 2.34. The van der Waals surface area contributed by atoms with E-state index in [0.29, 0.717) is 83.7 Å². The number of amides is 3. The standard InChI is InChI=1S/C54H68N6O15/c1-30-22-36-46(39(61)28-38(48(36)63)58-52(64)31(2)12-11-13-41(68-6)49(74-53(55)65)33(4)24-32(3)47(62)43(23-30)69-7)56-16-17-59-18-20-60(21-19-59)54(66)73-42-25-34(14-15-40(42)67-5)37-29-57-75-50(37)35-26-44(70-8)51(72-10)45(27-35)71-9/h11-15,24-30,32,41,43,47,49,56,62H,16-23H2,1-10H3,(H2,55,65)(H,58,64)/b13-11-,31-12+,33-24+/t30-,32+,41+,43+,47+,49+/m1/s1. The summed E-state index contributed by atoms with van der Waals surface area (Å²) < 4.78 is 50.6. The number of nitrogens with two attached hydrogens (primary N) is 1. The van der Waals surface area contributed by atoms with Crippen molar-refractivity contribution in [3.63, 3.8) is 0 Å². The van der Waals surface area contributed by atoms with Crippen molar-refractivity contribution < 1.29 is 71.5 Å². The van der Waals surface area contributed by atoms with Crippen molar-refractivity contribution in [3.05, 3.63) is 95.0 Å². The van der Waals surface area contributed by atoms with E-state index in [1.54, 1.807) is 80.4 Å². The van der Waals surface area contributed by atoms with Crippen molar-refractivity contribution in [1.82, 2.24) is 25.6 Å². The number of rotatable bonds is 14. The third-order valence-corrected chi connectivity index (χ3v) is 13.3. The van der Waals surface area contributed by atoms with Crippen molar-refractivity contribution in [2.45, 2.75) is 65.0 Å².